The van der Waals surface area contributed by atoms with E-state index >= 15 is 0 Å². The average Bonchev–Trinajstić information content (AvgIpc) is 2.50. The van der Waals surface area contributed by atoms with Crippen LogP contribution < -0.4 is 5.32 Å². The SMILES string of the molecule is CC(C)(C)NC(=O)OC(=O)c1nccs1. The van der Waals surface area contributed by atoms with Gasteiger partial charge in [0.15, 0.2) is 0 Å². The predicted octanol–water partition coefficient (Wildman–Crippen LogP) is 1.81. The molecule has 1 heterocycles. The molecule has 0 fully saturated rings. The Bertz CT molecular complexity index is 354. The van der Waals surface area contributed by atoms with Crippen molar-refractivity contribution >= 4 is 23.4 Å². The molecule has 1 aromatic heterocycles. The number of aromatic nitrogens is 1. The van der Waals surface area contributed by atoms with Crippen molar-refractivity contribution in [3.8, 4) is 0 Å². The number of nitrogens with one attached hydrogen (secondary N) is 1. The Labute approximate surface area is 91.5 Å². The van der Waals surface area contributed by atoms with Crippen LogP contribution in [0.5, 0.6) is 0 Å². The average molecular weight is 228 g/mol. The second-order valence-electron chi connectivity index (χ2n) is 3.89. The molecule has 1 amide bonds. The van der Waals surface area contributed by atoms with Gasteiger partial charge in [-0.2, -0.15) is 0 Å². The third kappa shape index (κ3) is 4.07. The van der Waals surface area contributed by atoms with Gasteiger partial charge in [0.05, 0.1) is 0 Å². The molecule has 1 N–H and O–H groups in total. The van der Waals surface area contributed by atoms with E-state index in [-0.39, 0.29) is 5.01 Å². The molecule has 5 nitrogen and oxygen atoms in total. The van der Waals surface area contributed by atoms with Gasteiger partial charge in [0, 0.05) is 17.1 Å². The Morgan fingerprint density at radius 1 is 1.47 bits per heavy atom. The van der Waals surface area contributed by atoms with E-state index in [1.165, 1.54) is 6.20 Å². The highest BCUT2D eigenvalue weighted by Gasteiger charge is 2.19. The highest BCUT2D eigenvalue weighted by atomic mass is 32.1. The highest BCUT2D eigenvalue weighted by Crippen LogP contribution is 2.06. The van der Waals surface area contributed by atoms with Crippen LogP contribution in [-0.2, 0) is 4.74 Å². The Hall–Kier alpha value is -1.43. The van der Waals surface area contributed by atoms with Gasteiger partial charge in [-0.15, -0.1) is 11.3 Å². The van der Waals surface area contributed by atoms with Crippen LogP contribution in [0.1, 0.15) is 30.6 Å². The third-order valence-corrected chi connectivity index (χ3v) is 2.02. The van der Waals surface area contributed by atoms with Crippen molar-refractivity contribution in [3.05, 3.63) is 16.6 Å². The van der Waals surface area contributed by atoms with Gasteiger partial charge < -0.3 is 10.1 Å². The van der Waals surface area contributed by atoms with E-state index in [1.54, 1.807) is 26.2 Å². The highest BCUT2D eigenvalue weighted by molar-refractivity contribution is 7.11. The number of hydrogen-bond acceptors (Lipinski definition) is 5. The molecule has 0 saturated heterocycles. The van der Waals surface area contributed by atoms with Gasteiger partial charge in [-0.1, -0.05) is 0 Å². The summed E-state index contributed by atoms with van der Waals surface area (Å²) in [5.74, 6) is -0.730. The number of hydrogen-bond donors (Lipinski definition) is 1. The molecule has 0 radical (unpaired) electrons. The number of esters is 1. The van der Waals surface area contributed by atoms with E-state index in [9.17, 15) is 9.59 Å². The van der Waals surface area contributed by atoms with Crippen molar-refractivity contribution in [1.82, 2.24) is 10.3 Å². The normalized spacial score (nSPS) is 10.9. The van der Waals surface area contributed by atoms with E-state index in [1.807, 2.05) is 0 Å². The second-order valence-corrected chi connectivity index (χ2v) is 4.78. The molecule has 6 heteroatoms. The minimum atomic E-state index is -0.761. The maximum atomic E-state index is 11.3. The lowest BCUT2D eigenvalue weighted by atomic mass is 10.1. The molecule has 0 unspecified atom stereocenters. The molecule has 0 aromatic carbocycles. The van der Waals surface area contributed by atoms with Crippen LogP contribution in [0.15, 0.2) is 11.6 Å². The molecule has 0 atom stereocenters. The molecular weight excluding hydrogens is 216 g/mol. The summed E-state index contributed by atoms with van der Waals surface area (Å²) in [7, 11) is 0. The van der Waals surface area contributed by atoms with E-state index in [0.29, 0.717) is 0 Å². The first-order valence-electron chi connectivity index (χ1n) is 4.32. The number of alkyl carbamates (subject to hydrolysis) is 1. The van der Waals surface area contributed by atoms with Gasteiger partial charge >= 0.3 is 12.1 Å². The lowest BCUT2D eigenvalue weighted by molar-refractivity contribution is 0.0611. The molecule has 1 aromatic rings. The van der Waals surface area contributed by atoms with E-state index in [0.717, 1.165) is 11.3 Å². The van der Waals surface area contributed by atoms with Gasteiger partial charge in [0.2, 0.25) is 5.01 Å². The van der Waals surface area contributed by atoms with Crippen molar-refractivity contribution in [2.24, 2.45) is 0 Å². The summed E-state index contributed by atoms with van der Waals surface area (Å²) in [6.07, 6.45) is 0.714. The molecule has 0 aliphatic rings. The minimum absolute atomic E-state index is 0.166. The number of nitrogens with zero attached hydrogens (tertiary/aromatic N) is 1. The summed E-state index contributed by atoms with van der Waals surface area (Å²) in [5.41, 5.74) is -0.430. The van der Waals surface area contributed by atoms with E-state index in [4.69, 9.17) is 0 Å². The smallest absolute Gasteiger partial charge is 0.371 e. The zero-order chi connectivity index (χ0) is 11.5. The maximum Gasteiger partial charge on any atom is 0.415 e. The quantitative estimate of drug-likeness (QED) is 0.588. The molecular formula is C9H12N2O3S. The summed E-state index contributed by atoms with van der Waals surface area (Å²) in [6, 6.07) is 0. The van der Waals surface area contributed by atoms with Crippen molar-refractivity contribution < 1.29 is 14.3 Å². The van der Waals surface area contributed by atoms with Gasteiger partial charge in [-0.3, -0.25) is 0 Å². The fraction of sp³-hybridized carbons (Fsp3) is 0.444. The van der Waals surface area contributed by atoms with Crippen molar-refractivity contribution in [2.75, 3.05) is 0 Å². The first-order chi connectivity index (χ1) is 6.88. The largest absolute Gasteiger partial charge is 0.415 e. The van der Waals surface area contributed by atoms with Crippen LogP contribution in [0.4, 0.5) is 4.79 Å². The van der Waals surface area contributed by atoms with Crippen molar-refractivity contribution in [1.29, 1.82) is 0 Å². The molecule has 0 aliphatic heterocycles. The number of thiazole rings is 1. The predicted molar refractivity (Wildman–Crippen MR) is 55.8 cm³/mol. The zero-order valence-electron chi connectivity index (χ0n) is 8.73. The van der Waals surface area contributed by atoms with Crippen LogP contribution in [0, 0.1) is 0 Å². The maximum absolute atomic E-state index is 11.3. The molecule has 0 bridgehead atoms. The molecule has 1 rings (SSSR count). The Morgan fingerprint density at radius 3 is 2.60 bits per heavy atom. The first-order valence-corrected chi connectivity index (χ1v) is 5.20. The lowest BCUT2D eigenvalue weighted by Crippen LogP contribution is -2.41. The number of ether oxygens (including phenoxy) is 1. The number of rotatable bonds is 1. The van der Waals surface area contributed by atoms with Crippen LogP contribution in [0.3, 0.4) is 0 Å². The van der Waals surface area contributed by atoms with Crippen LogP contribution in [0.2, 0.25) is 0 Å². The Balaban J connectivity index is 2.50. The Kier molecular flexibility index (Phi) is 3.41. The summed E-state index contributed by atoms with van der Waals surface area (Å²) >= 11 is 1.13. The topological polar surface area (TPSA) is 68.3 Å². The second kappa shape index (κ2) is 4.39. The standard InChI is InChI=1S/C9H12N2O3S/c1-9(2,3)11-8(13)14-7(12)6-10-4-5-15-6/h4-5H,1-3H3,(H,11,13). The Morgan fingerprint density at radius 2 is 2.13 bits per heavy atom. The van der Waals surface area contributed by atoms with Gasteiger partial charge in [0.1, 0.15) is 0 Å². The summed E-state index contributed by atoms with van der Waals surface area (Å²) in [4.78, 5) is 26.2. The van der Waals surface area contributed by atoms with Crippen LogP contribution >= 0.6 is 11.3 Å². The first kappa shape index (κ1) is 11.6. The van der Waals surface area contributed by atoms with Crippen LogP contribution in [-0.4, -0.2) is 22.6 Å². The van der Waals surface area contributed by atoms with Crippen molar-refractivity contribution in [3.63, 3.8) is 0 Å². The molecule has 0 saturated carbocycles. The van der Waals surface area contributed by atoms with Crippen LogP contribution in [0.25, 0.3) is 0 Å². The van der Waals surface area contributed by atoms with Gasteiger partial charge in [-0.25, -0.2) is 14.6 Å². The monoisotopic (exact) mass is 228 g/mol. The number of carbonyl (C=O) groups is 2. The van der Waals surface area contributed by atoms with E-state index in [2.05, 4.69) is 15.0 Å². The summed E-state index contributed by atoms with van der Waals surface area (Å²) in [5, 5.41) is 4.31. The third-order valence-electron chi connectivity index (χ3n) is 1.27. The molecule has 0 spiro atoms. The van der Waals surface area contributed by atoms with Gasteiger partial charge in [0.25, 0.3) is 0 Å². The zero-order valence-corrected chi connectivity index (χ0v) is 9.55. The van der Waals surface area contributed by atoms with E-state index < -0.39 is 17.6 Å². The summed E-state index contributed by atoms with van der Waals surface area (Å²) < 4.78 is 4.53. The molecule has 82 valence electrons. The number of carbonyl (C=O) groups excluding carboxylic acids is 2. The lowest BCUT2D eigenvalue weighted by Gasteiger charge is -2.18. The fourth-order valence-corrected chi connectivity index (χ4v) is 1.29. The minimum Gasteiger partial charge on any atom is -0.371 e. The summed E-state index contributed by atoms with van der Waals surface area (Å²) in [6.45, 7) is 5.38. The van der Waals surface area contributed by atoms with Gasteiger partial charge in [-0.05, 0) is 20.8 Å². The molecule has 0 aliphatic carbocycles. The number of amides is 1. The van der Waals surface area contributed by atoms with Crippen molar-refractivity contribution in [2.45, 2.75) is 26.3 Å². The molecule has 15 heavy (non-hydrogen) atoms. The fourth-order valence-electron chi connectivity index (χ4n) is 0.784.